The molecule has 0 aliphatic carbocycles. The van der Waals surface area contributed by atoms with Crippen LogP contribution in [0.1, 0.15) is 31.4 Å². The van der Waals surface area contributed by atoms with E-state index in [9.17, 15) is 0 Å². The van der Waals surface area contributed by atoms with Gasteiger partial charge in [0.05, 0.1) is 13.7 Å². The van der Waals surface area contributed by atoms with E-state index in [1.54, 1.807) is 7.11 Å². The molecular formula is C21H29NO2. The Morgan fingerprint density at radius 3 is 2.50 bits per heavy atom. The highest BCUT2D eigenvalue weighted by Crippen LogP contribution is 2.31. The summed E-state index contributed by atoms with van der Waals surface area (Å²) in [6.07, 6.45) is 2.22. The Labute approximate surface area is 146 Å². The van der Waals surface area contributed by atoms with Crippen LogP contribution in [0.15, 0.2) is 48.5 Å². The maximum absolute atomic E-state index is 5.98. The predicted molar refractivity (Wildman–Crippen MR) is 99.8 cm³/mol. The molecule has 0 aromatic heterocycles. The van der Waals surface area contributed by atoms with Gasteiger partial charge in [-0.2, -0.15) is 0 Å². The highest BCUT2D eigenvalue weighted by Gasteiger charge is 2.11. The van der Waals surface area contributed by atoms with E-state index in [0.717, 1.165) is 43.0 Å². The lowest BCUT2D eigenvalue weighted by atomic mass is 10.1. The van der Waals surface area contributed by atoms with Gasteiger partial charge in [-0.25, -0.2) is 0 Å². The number of para-hydroxylation sites is 1. The summed E-state index contributed by atoms with van der Waals surface area (Å²) in [5.41, 5.74) is 2.54. The minimum absolute atomic E-state index is 0.488. The molecule has 0 spiro atoms. The van der Waals surface area contributed by atoms with Gasteiger partial charge in [0, 0.05) is 12.1 Å². The van der Waals surface area contributed by atoms with Crippen molar-refractivity contribution in [3.8, 4) is 11.5 Å². The zero-order chi connectivity index (χ0) is 17.2. The van der Waals surface area contributed by atoms with E-state index in [1.165, 1.54) is 5.56 Å². The molecule has 3 heteroatoms. The zero-order valence-electron chi connectivity index (χ0n) is 15.0. The first-order valence-electron chi connectivity index (χ1n) is 8.74. The molecule has 0 fully saturated rings. The van der Waals surface area contributed by atoms with E-state index in [1.807, 2.05) is 12.1 Å². The van der Waals surface area contributed by atoms with Crippen molar-refractivity contribution in [2.45, 2.75) is 33.2 Å². The van der Waals surface area contributed by atoms with Crippen LogP contribution in [0.25, 0.3) is 0 Å². The molecule has 0 heterocycles. The van der Waals surface area contributed by atoms with Gasteiger partial charge in [-0.1, -0.05) is 56.3 Å². The van der Waals surface area contributed by atoms with E-state index >= 15 is 0 Å². The van der Waals surface area contributed by atoms with E-state index in [-0.39, 0.29) is 0 Å². The molecule has 3 nitrogen and oxygen atoms in total. The Hall–Kier alpha value is -2.00. The molecular weight excluding hydrogens is 298 g/mol. The minimum Gasteiger partial charge on any atom is -0.493 e. The number of methoxy groups -OCH3 is 1. The van der Waals surface area contributed by atoms with Gasteiger partial charge in [-0.15, -0.1) is 0 Å². The number of hydrogen-bond acceptors (Lipinski definition) is 3. The summed E-state index contributed by atoms with van der Waals surface area (Å²) < 4.78 is 11.4. The van der Waals surface area contributed by atoms with Crippen LogP contribution in [0.4, 0.5) is 0 Å². The third-order valence-electron chi connectivity index (χ3n) is 3.82. The molecule has 24 heavy (non-hydrogen) atoms. The van der Waals surface area contributed by atoms with Crippen molar-refractivity contribution in [3.63, 3.8) is 0 Å². The van der Waals surface area contributed by atoms with E-state index in [2.05, 4.69) is 55.6 Å². The van der Waals surface area contributed by atoms with Crippen molar-refractivity contribution in [1.29, 1.82) is 0 Å². The standard InChI is InChI=1S/C21H29NO2/c1-17(2)16-24-21-19(12-7-13-20(21)23-3)15-22-14-8-11-18-9-5-4-6-10-18/h4-7,9-10,12-13,17,22H,8,11,14-16H2,1-3H3. The predicted octanol–water partition coefficient (Wildman–Crippen LogP) is 4.45. The van der Waals surface area contributed by atoms with Crippen LogP contribution < -0.4 is 14.8 Å². The van der Waals surface area contributed by atoms with Gasteiger partial charge in [0.25, 0.3) is 0 Å². The highest BCUT2D eigenvalue weighted by molar-refractivity contribution is 5.46. The van der Waals surface area contributed by atoms with Gasteiger partial charge in [0.1, 0.15) is 0 Å². The fourth-order valence-electron chi connectivity index (χ4n) is 2.56. The molecule has 0 amide bonds. The molecule has 0 radical (unpaired) electrons. The molecule has 0 atom stereocenters. The Balaban J connectivity index is 1.84. The molecule has 0 aliphatic rings. The van der Waals surface area contributed by atoms with Gasteiger partial charge >= 0.3 is 0 Å². The molecule has 0 aliphatic heterocycles. The Bertz CT molecular complexity index is 596. The third-order valence-corrected chi connectivity index (χ3v) is 3.82. The number of aryl methyl sites for hydroxylation is 1. The summed E-state index contributed by atoms with van der Waals surface area (Å²) in [5.74, 6) is 2.16. The first-order chi connectivity index (χ1) is 11.7. The summed E-state index contributed by atoms with van der Waals surface area (Å²) in [6.45, 7) is 6.77. The average Bonchev–Trinajstić information content (AvgIpc) is 2.60. The molecule has 0 saturated heterocycles. The second-order valence-corrected chi connectivity index (χ2v) is 6.42. The van der Waals surface area contributed by atoms with Crippen LogP contribution in [0, 0.1) is 5.92 Å². The van der Waals surface area contributed by atoms with Gasteiger partial charge in [0.15, 0.2) is 11.5 Å². The largest absolute Gasteiger partial charge is 0.493 e. The molecule has 130 valence electrons. The summed E-state index contributed by atoms with van der Waals surface area (Å²) in [4.78, 5) is 0. The van der Waals surface area contributed by atoms with E-state index in [0.29, 0.717) is 12.5 Å². The lowest BCUT2D eigenvalue weighted by Crippen LogP contribution is -2.17. The quantitative estimate of drug-likeness (QED) is 0.654. The Kier molecular flexibility index (Phi) is 7.63. The lowest BCUT2D eigenvalue weighted by Gasteiger charge is -2.16. The van der Waals surface area contributed by atoms with Crippen molar-refractivity contribution in [3.05, 3.63) is 59.7 Å². The third kappa shape index (κ3) is 5.89. The van der Waals surface area contributed by atoms with Crippen molar-refractivity contribution < 1.29 is 9.47 Å². The van der Waals surface area contributed by atoms with E-state index in [4.69, 9.17) is 9.47 Å². The summed E-state index contributed by atoms with van der Waals surface area (Å²) in [7, 11) is 1.69. The lowest BCUT2D eigenvalue weighted by molar-refractivity contribution is 0.254. The maximum atomic E-state index is 5.98. The van der Waals surface area contributed by atoms with Crippen LogP contribution in [0.2, 0.25) is 0 Å². The normalized spacial score (nSPS) is 10.8. The van der Waals surface area contributed by atoms with Gasteiger partial charge in [-0.3, -0.25) is 0 Å². The minimum atomic E-state index is 0.488. The van der Waals surface area contributed by atoms with Gasteiger partial charge in [0.2, 0.25) is 0 Å². The Morgan fingerprint density at radius 1 is 1.00 bits per heavy atom. The highest BCUT2D eigenvalue weighted by atomic mass is 16.5. The zero-order valence-corrected chi connectivity index (χ0v) is 15.0. The smallest absolute Gasteiger partial charge is 0.165 e. The van der Waals surface area contributed by atoms with Crippen molar-refractivity contribution in [2.75, 3.05) is 20.3 Å². The summed E-state index contributed by atoms with van der Waals surface area (Å²) in [5, 5.41) is 3.52. The summed E-state index contributed by atoms with van der Waals surface area (Å²) in [6, 6.07) is 16.7. The monoisotopic (exact) mass is 327 g/mol. The molecule has 0 saturated carbocycles. The molecule has 0 bridgehead atoms. The van der Waals surface area contributed by atoms with Crippen LogP contribution in [-0.2, 0) is 13.0 Å². The maximum Gasteiger partial charge on any atom is 0.165 e. The first-order valence-corrected chi connectivity index (χ1v) is 8.74. The molecule has 0 unspecified atom stereocenters. The second-order valence-electron chi connectivity index (χ2n) is 6.42. The summed E-state index contributed by atoms with van der Waals surface area (Å²) >= 11 is 0. The van der Waals surface area contributed by atoms with Gasteiger partial charge < -0.3 is 14.8 Å². The average molecular weight is 327 g/mol. The van der Waals surface area contributed by atoms with Gasteiger partial charge in [-0.05, 0) is 36.9 Å². The number of benzene rings is 2. The number of hydrogen-bond donors (Lipinski definition) is 1. The fourth-order valence-corrected chi connectivity index (χ4v) is 2.56. The van der Waals surface area contributed by atoms with Crippen LogP contribution in [0.5, 0.6) is 11.5 Å². The van der Waals surface area contributed by atoms with Crippen LogP contribution in [-0.4, -0.2) is 20.3 Å². The molecule has 2 aromatic carbocycles. The molecule has 2 aromatic rings. The SMILES string of the molecule is COc1cccc(CNCCCc2ccccc2)c1OCC(C)C. The number of nitrogens with one attached hydrogen (secondary N) is 1. The number of ether oxygens (including phenoxy) is 2. The second kappa shape index (κ2) is 9.99. The van der Waals surface area contributed by atoms with Crippen molar-refractivity contribution in [2.24, 2.45) is 5.92 Å². The molecule has 2 rings (SSSR count). The Morgan fingerprint density at radius 2 is 1.79 bits per heavy atom. The fraction of sp³-hybridized carbons (Fsp3) is 0.429. The van der Waals surface area contributed by atoms with Crippen molar-refractivity contribution >= 4 is 0 Å². The first kappa shape index (κ1) is 18.3. The molecule has 1 N–H and O–H groups in total. The van der Waals surface area contributed by atoms with Crippen LogP contribution >= 0.6 is 0 Å². The topological polar surface area (TPSA) is 30.5 Å². The van der Waals surface area contributed by atoms with Crippen LogP contribution in [0.3, 0.4) is 0 Å². The van der Waals surface area contributed by atoms with E-state index < -0.39 is 0 Å². The number of rotatable bonds is 10. The van der Waals surface area contributed by atoms with Crippen molar-refractivity contribution in [1.82, 2.24) is 5.32 Å².